The molecule has 3 nitrogen and oxygen atoms in total. The summed E-state index contributed by atoms with van der Waals surface area (Å²) in [5, 5.41) is 0. The first kappa shape index (κ1) is 7.88. The highest BCUT2D eigenvalue weighted by molar-refractivity contribution is 4.42. The van der Waals surface area contributed by atoms with E-state index in [0.29, 0.717) is 0 Å². The molecular weight excluding hydrogens is 102 g/mol. The highest BCUT2D eigenvalue weighted by Crippen LogP contribution is 1.89. The van der Waals surface area contributed by atoms with Crippen molar-refractivity contribution in [2.45, 2.75) is 19.3 Å². The molecule has 3 heteroatoms. The van der Waals surface area contributed by atoms with Crippen LogP contribution in [0.2, 0.25) is 0 Å². The lowest BCUT2D eigenvalue weighted by Crippen LogP contribution is -2.22. The van der Waals surface area contributed by atoms with Crippen molar-refractivity contribution in [3.63, 3.8) is 0 Å². The zero-order valence-corrected chi connectivity index (χ0v) is 5.19. The van der Waals surface area contributed by atoms with Gasteiger partial charge in [0.25, 0.3) is 0 Å². The van der Waals surface area contributed by atoms with Crippen LogP contribution in [-0.4, -0.2) is 13.1 Å². The van der Waals surface area contributed by atoms with Gasteiger partial charge >= 0.3 is 0 Å². The molecular formula is C5H15N3. The number of hydrogen-bond acceptors (Lipinski definition) is 3. The highest BCUT2D eigenvalue weighted by atomic mass is 15.2. The lowest BCUT2D eigenvalue weighted by molar-refractivity contribution is 0.624. The average molecular weight is 117 g/mol. The molecule has 0 aromatic heterocycles. The number of nitrogens with two attached hydrogens (primary N) is 2. The lowest BCUT2D eigenvalue weighted by Gasteiger charge is -1.95. The van der Waals surface area contributed by atoms with Crippen LogP contribution in [0.5, 0.6) is 0 Å². The van der Waals surface area contributed by atoms with Crippen molar-refractivity contribution in [3.05, 3.63) is 0 Å². The van der Waals surface area contributed by atoms with Crippen LogP contribution >= 0.6 is 0 Å². The van der Waals surface area contributed by atoms with E-state index in [-0.39, 0.29) is 0 Å². The first-order valence-electron chi connectivity index (χ1n) is 3.05. The first-order valence-corrected chi connectivity index (χ1v) is 3.05. The van der Waals surface area contributed by atoms with Gasteiger partial charge in [-0.1, -0.05) is 6.42 Å². The number of nitrogens with one attached hydrogen (secondary N) is 1. The van der Waals surface area contributed by atoms with Crippen LogP contribution in [0.4, 0.5) is 0 Å². The molecule has 0 aliphatic carbocycles. The van der Waals surface area contributed by atoms with E-state index in [0.717, 1.165) is 25.9 Å². The van der Waals surface area contributed by atoms with Gasteiger partial charge in [0.15, 0.2) is 0 Å². The molecule has 0 aromatic carbocycles. The summed E-state index contributed by atoms with van der Waals surface area (Å²) in [7, 11) is 0. The minimum atomic E-state index is 0.796. The van der Waals surface area contributed by atoms with Gasteiger partial charge in [-0.05, 0) is 19.4 Å². The van der Waals surface area contributed by atoms with Crippen molar-refractivity contribution in [2.24, 2.45) is 11.6 Å². The molecule has 8 heavy (non-hydrogen) atoms. The highest BCUT2D eigenvalue weighted by Gasteiger charge is 1.82. The zero-order chi connectivity index (χ0) is 6.24. The summed E-state index contributed by atoms with van der Waals surface area (Å²) in [4.78, 5) is 0. The predicted molar refractivity (Wildman–Crippen MR) is 35.1 cm³/mol. The molecule has 0 heterocycles. The van der Waals surface area contributed by atoms with Crippen molar-refractivity contribution >= 4 is 0 Å². The molecule has 0 aliphatic heterocycles. The SMILES string of the molecule is NCCCCCNN. The summed E-state index contributed by atoms with van der Waals surface area (Å²) < 4.78 is 0. The van der Waals surface area contributed by atoms with E-state index in [4.69, 9.17) is 11.6 Å². The van der Waals surface area contributed by atoms with Gasteiger partial charge < -0.3 is 5.73 Å². The van der Waals surface area contributed by atoms with Crippen molar-refractivity contribution in [1.29, 1.82) is 0 Å². The molecule has 0 rings (SSSR count). The Bertz CT molecular complexity index is 32.7. The Hall–Kier alpha value is -0.120. The fourth-order valence-corrected chi connectivity index (χ4v) is 0.548. The third-order valence-electron chi connectivity index (χ3n) is 1.03. The predicted octanol–water partition coefficient (Wildman–Crippen LogP) is -0.421. The molecule has 0 aliphatic rings. The molecule has 0 bridgehead atoms. The van der Waals surface area contributed by atoms with E-state index in [9.17, 15) is 0 Å². The third-order valence-corrected chi connectivity index (χ3v) is 1.03. The van der Waals surface area contributed by atoms with Crippen LogP contribution in [0.15, 0.2) is 0 Å². The first-order chi connectivity index (χ1) is 3.91. The second-order valence-corrected chi connectivity index (χ2v) is 1.80. The van der Waals surface area contributed by atoms with Gasteiger partial charge in [0, 0.05) is 6.54 Å². The largest absolute Gasteiger partial charge is 0.330 e. The van der Waals surface area contributed by atoms with Gasteiger partial charge in [0.1, 0.15) is 0 Å². The van der Waals surface area contributed by atoms with Crippen LogP contribution in [0, 0.1) is 0 Å². The van der Waals surface area contributed by atoms with Crippen LogP contribution in [0.1, 0.15) is 19.3 Å². The van der Waals surface area contributed by atoms with E-state index in [1.54, 1.807) is 0 Å². The Morgan fingerprint density at radius 1 is 1.12 bits per heavy atom. The fourth-order valence-electron chi connectivity index (χ4n) is 0.548. The van der Waals surface area contributed by atoms with Gasteiger partial charge in [0.2, 0.25) is 0 Å². The maximum atomic E-state index is 5.26. The maximum absolute atomic E-state index is 5.26. The summed E-state index contributed by atoms with van der Waals surface area (Å²) in [6.45, 7) is 1.70. The lowest BCUT2D eigenvalue weighted by atomic mass is 10.2. The number of hydrazine groups is 1. The Morgan fingerprint density at radius 3 is 2.38 bits per heavy atom. The molecule has 0 spiro atoms. The van der Waals surface area contributed by atoms with Gasteiger partial charge in [-0.25, -0.2) is 0 Å². The average Bonchev–Trinajstić information content (AvgIpc) is 1.81. The normalized spacial score (nSPS) is 9.75. The van der Waals surface area contributed by atoms with E-state index < -0.39 is 0 Å². The van der Waals surface area contributed by atoms with Gasteiger partial charge in [-0.2, -0.15) is 0 Å². The molecule has 0 saturated heterocycles. The second kappa shape index (κ2) is 6.88. The molecule has 0 amide bonds. The number of hydrogen-bond donors (Lipinski definition) is 3. The van der Waals surface area contributed by atoms with Crippen molar-refractivity contribution in [1.82, 2.24) is 5.43 Å². The van der Waals surface area contributed by atoms with E-state index >= 15 is 0 Å². The van der Waals surface area contributed by atoms with E-state index in [2.05, 4.69) is 5.43 Å². The molecule has 5 N–H and O–H groups in total. The molecule has 50 valence electrons. The van der Waals surface area contributed by atoms with Crippen LogP contribution < -0.4 is 17.0 Å². The summed E-state index contributed by atoms with van der Waals surface area (Å²) >= 11 is 0. The van der Waals surface area contributed by atoms with Crippen LogP contribution in [-0.2, 0) is 0 Å². The minimum Gasteiger partial charge on any atom is -0.330 e. The fraction of sp³-hybridized carbons (Fsp3) is 1.00. The smallest absolute Gasteiger partial charge is 0.00974 e. The summed E-state index contributed by atoms with van der Waals surface area (Å²) in [6, 6.07) is 0. The monoisotopic (exact) mass is 117 g/mol. The van der Waals surface area contributed by atoms with Crippen molar-refractivity contribution in [3.8, 4) is 0 Å². The molecule has 0 aromatic rings. The quantitative estimate of drug-likeness (QED) is 0.260. The minimum absolute atomic E-state index is 0.796. The molecule has 0 fully saturated rings. The number of rotatable bonds is 5. The Labute approximate surface area is 50.4 Å². The van der Waals surface area contributed by atoms with Gasteiger partial charge in [-0.3, -0.25) is 11.3 Å². The number of unbranched alkanes of at least 4 members (excludes halogenated alkanes) is 2. The Morgan fingerprint density at radius 2 is 1.88 bits per heavy atom. The zero-order valence-electron chi connectivity index (χ0n) is 5.19. The summed E-state index contributed by atoms with van der Waals surface area (Å²) in [5.74, 6) is 5.03. The van der Waals surface area contributed by atoms with Crippen LogP contribution in [0.25, 0.3) is 0 Å². The summed E-state index contributed by atoms with van der Waals surface area (Å²) in [6.07, 6.45) is 3.43. The molecule has 0 radical (unpaired) electrons. The van der Waals surface area contributed by atoms with E-state index in [1.807, 2.05) is 0 Å². The molecule has 0 saturated carbocycles. The third kappa shape index (κ3) is 5.88. The second-order valence-electron chi connectivity index (χ2n) is 1.80. The van der Waals surface area contributed by atoms with E-state index in [1.165, 1.54) is 6.42 Å². The molecule has 0 unspecified atom stereocenters. The molecule has 0 atom stereocenters. The summed E-state index contributed by atoms with van der Waals surface area (Å²) in [5.41, 5.74) is 7.84. The maximum Gasteiger partial charge on any atom is 0.00974 e. The van der Waals surface area contributed by atoms with Gasteiger partial charge in [0.05, 0.1) is 0 Å². The van der Waals surface area contributed by atoms with Crippen LogP contribution in [0.3, 0.4) is 0 Å². The van der Waals surface area contributed by atoms with Crippen molar-refractivity contribution < 1.29 is 0 Å². The van der Waals surface area contributed by atoms with Crippen molar-refractivity contribution in [2.75, 3.05) is 13.1 Å². The topological polar surface area (TPSA) is 64.1 Å². The van der Waals surface area contributed by atoms with Gasteiger partial charge in [-0.15, -0.1) is 0 Å². The Kier molecular flexibility index (Phi) is 6.78. The standard InChI is InChI=1S/C5H15N3/c6-4-2-1-3-5-8-7/h8H,1-7H2. The Balaban J connectivity index is 2.53.